The fourth-order valence-corrected chi connectivity index (χ4v) is 5.12. The first kappa shape index (κ1) is 18.5. The van der Waals surface area contributed by atoms with Gasteiger partial charge in [-0.2, -0.15) is 11.8 Å². The summed E-state index contributed by atoms with van der Waals surface area (Å²) in [6, 6.07) is 0.271. The van der Waals surface area contributed by atoms with Gasteiger partial charge in [-0.1, -0.05) is 0 Å². The van der Waals surface area contributed by atoms with Gasteiger partial charge in [0.2, 0.25) is 0 Å². The van der Waals surface area contributed by atoms with Crippen molar-refractivity contribution in [2.24, 2.45) is 5.92 Å². The standard InChI is InChI=1S/C18H31NO4S/c1-21-9-4-5-14-15(20)13-16(23-17-6-2-3-10-22-17)18(14)19-7-11-24-12-8-19/h4,9,14-18,20H,2-3,5-8,10-13H2,1H3/t14-,15-,16+,17?,18+/m1/s1. The average molecular weight is 358 g/mol. The van der Waals surface area contributed by atoms with E-state index in [2.05, 4.69) is 4.90 Å². The molecule has 5 atom stereocenters. The van der Waals surface area contributed by atoms with Crippen LogP contribution in [-0.4, -0.2) is 72.9 Å². The van der Waals surface area contributed by atoms with Gasteiger partial charge in [0.25, 0.3) is 0 Å². The van der Waals surface area contributed by atoms with E-state index in [0.717, 1.165) is 39.0 Å². The molecule has 3 rings (SSSR count). The van der Waals surface area contributed by atoms with E-state index >= 15 is 0 Å². The molecule has 0 aromatic heterocycles. The van der Waals surface area contributed by atoms with E-state index in [1.807, 2.05) is 17.8 Å². The van der Waals surface area contributed by atoms with Crippen LogP contribution in [0.3, 0.4) is 0 Å². The van der Waals surface area contributed by atoms with Crippen molar-refractivity contribution in [2.45, 2.75) is 56.6 Å². The zero-order valence-corrected chi connectivity index (χ0v) is 15.5. The van der Waals surface area contributed by atoms with Crippen LogP contribution < -0.4 is 0 Å². The SMILES string of the molecule is COC=CC[C@H]1[C@H](N2CCSCC2)[C@@H](OC2CCCCO2)C[C@H]1O. The first-order valence-corrected chi connectivity index (χ1v) is 10.4. The number of methoxy groups -OCH3 is 1. The number of aliphatic hydroxyl groups excluding tert-OH is 1. The number of aliphatic hydroxyl groups is 1. The Morgan fingerprint density at radius 1 is 1.29 bits per heavy atom. The summed E-state index contributed by atoms with van der Waals surface area (Å²) in [4.78, 5) is 2.53. The first-order chi connectivity index (χ1) is 11.8. The van der Waals surface area contributed by atoms with Crippen LogP contribution in [0.5, 0.6) is 0 Å². The number of rotatable bonds is 6. The Hall–Kier alpha value is -0.270. The highest BCUT2D eigenvalue weighted by atomic mass is 32.2. The van der Waals surface area contributed by atoms with Crippen LogP contribution in [0.1, 0.15) is 32.1 Å². The lowest BCUT2D eigenvalue weighted by Gasteiger charge is -2.39. The Balaban J connectivity index is 1.68. The molecule has 2 saturated heterocycles. The van der Waals surface area contributed by atoms with E-state index < -0.39 is 0 Å². The van der Waals surface area contributed by atoms with Crippen molar-refractivity contribution >= 4 is 11.8 Å². The summed E-state index contributed by atoms with van der Waals surface area (Å²) < 4.78 is 17.2. The molecule has 3 aliphatic rings. The van der Waals surface area contributed by atoms with E-state index in [9.17, 15) is 5.11 Å². The molecule has 24 heavy (non-hydrogen) atoms. The van der Waals surface area contributed by atoms with Crippen LogP contribution in [0.2, 0.25) is 0 Å². The molecule has 3 fully saturated rings. The molecular weight excluding hydrogens is 326 g/mol. The molecule has 0 aromatic rings. The van der Waals surface area contributed by atoms with Gasteiger partial charge in [-0.25, -0.2) is 0 Å². The molecule has 0 aromatic carbocycles. The third kappa shape index (κ3) is 4.67. The lowest BCUT2D eigenvalue weighted by atomic mass is 9.95. The van der Waals surface area contributed by atoms with E-state index in [4.69, 9.17) is 14.2 Å². The molecule has 2 aliphatic heterocycles. The highest BCUT2D eigenvalue weighted by Gasteiger charge is 2.46. The molecule has 0 radical (unpaired) electrons. The maximum atomic E-state index is 10.7. The zero-order chi connectivity index (χ0) is 16.8. The largest absolute Gasteiger partial charge is 0.505 e. The quantitative estimate of drug-likeness (QED) is 0.736. The summed E-state index contributed by atoms with van der Waals surface area (Å²) in [5.41, 5.74) is 0. The monoisotopic (exact) mass is 357 g/mol. The van der Waals surface area contributed by atoms with Crippen molar-refractivity contribution < 1.29 is 19.3 Å². The highest BCUT2D eigenvalue weighted by Crippen LogP contribution is 2.37. The summed E-state index contributed by atoms with van der Waals surface area (Å²) in [6.45, 7) is 2.96. The maximum absolute atomic E-state index is 10.7. The Kier molecular flexibility index (Phi) is 7.28. The van der Waals surface area contributed by atoms with Gasteiger partial charge in [0.05, 0.1) is 25.6 Å². The van der Waals surface area contributed by atoms with Crippen molar-refractivity contribution in [1.82, 2.24) is 4.90 Å². The van der Waals surface area contributed by atoms with Gasteiger partial charge in [-0.15, -0.1) is 0 Å². The fraction of sp³-hybridized carbons (Fsp3) is 0.889. The normalized spacial score (nSPS) is 38.7. The Morgan fingerprint density at radius 3 is 2.83 bits per heavy atom. The second kappa shape index (κ2) is 9.43. The number of hydrogen-bond acceptors (Lipinski definition) is 6. The van der Waals surface area contributed by atoms with Crippen molar-refractivity contribution in [3.63, 3.8) is 0 Å². The molecule has 0 bridgehead atoms. The minimum atomic E-state index is -0.320. The third-order valence-corrected chi connectivity index (χ3v) is 6.30. The van der Waals surface area contributed by atoms with Crippen molar-refractivity contribution in [2.75, 3.05) is 38.3 Å². The van der Waals surface area contributed by atoms with Crippen LogP contribution in [-0.2, 0) is 14.2 Å². The van der Waals surface area contributed by atoms with Crippen LogP contribution in [0.15, 0.2) is 12.3 Å². The molecule has 1 unspecified atom stereocenters. The van der Waals surface area contributed by atoms with Gasteiger partial charge < -0.3 is 19.3 Å². The molecule has 5 nitrogen and oxygen atoms in total. The summed E-state index contributed by atoms with van der Waals surface area (Å²) in [7, 11) is 1.66. The number of hydrogen-bond donors (Lipinski definition) is 1. The lowest BCUT2D eigenvalue weighted by molar-refractivity contribution is -0.197. The predicted octanol–water partition coefficient (Wildman–Crippen LogP) is 2.25. The Bertz CT molecular complexity index is 396. The molecule has 1 aliphatic carbocycles. The summed E-state index contributed by atoms with van der Waals surface area (Å²) >= 11 is 2.01. The number of allylic oxidation sites excluding steroid dienone is 1. The molecule has 6 heteroatoms. The second-order valence-corrected chi connectivity index (χ2v) is 8.14. The van der Waals surface area contributed by atoms with Gasteiger partial charge in [0.1, 0.15) is 0 Å². The van der Waals surface area contributed by atoms with Crippen LogP contribution in [0.25, 0.3) is 0 Å². The van der Waals surface area contributed by atoms with E-state index in [1.54, 1.807) is 13.4 Å². The van der Waals surface area contributed by atoms with Gasteiger partial charge >= 0.3 is 0 Å². The first-order valence-electron chi connectivity index (χ1n) is 9.24. The van der Waals surface area contributed by atoms with Crippen molar-refractivity contribution in [3.8, 4) is 0 Å². The van der Waals surface area contributed by atoms with Crippen molar-refractivity contribution in [3.05, 3.63) is 12.3 Å². The van der Waals surface area contributed by atoms with Crippen molar-refractivity contribution in [1.29, 1.82) is 0 Å². The third-order valence-electron chi connectivity index (χ3n) is 5.36. The smallest absolute Gasteiger partial charge is 0.158 e. The molecule has 1 saturated carbocycles. The van der Waals surface area contributed by atoms with E-state index in [1.165, 1.54) is 17.9 Å². The topological polar surface area (TPSA) is 51.2 Å². The average Bonchev–Trinajstić information content (AvgIpc) is 2.92. The van der Waals surface area contributed by atoms with E-state index in [0.29, 0.717) is 6.42 Å². The summed E-state index contributed by atoms with van der Waals surface area (Å²) in [5, 5.41) is 10.7. The zero-order valence-electron chi connectivity index (χ0n) is 14.6. The van der Waals surface area contributed by atoms with Crippen LogP contribution in [0, 0.1) is 5.92 Å². The lowest BCUT2D eigenvalue weighted by Crippen LogP contribution is -2.50. The second-order valence-electron chi connectivity index (χ2n) is 6.92. The Morgan fingerprint density at radius 2 is 2.12 bits per heavy atom. The van der Waals surface area contributed by atoms with Gasteiger partial charge in [0.15, 0.2) is 6.29 Å². The molecular formula is C18H31NO4S. The summed E-state index contributed by atoms with van der Waals surface area (Å²) in [6.07, 6.45) is 8.21. The minimum Gasteiger partial charge on any atom is -0.505 e. The highest BCUT2D eigenvalue weighted by molar-refractivity contribution is 7.99. The number of ether oxygens (including phenoxy) is 3. The fourth-order valence-electron chi connectivity index (χ4n) is 4.19. The summed E-state index contributed by atoms with van der Waals surface area (Å²) in [5.74, 6) is 2.54. The molecule has 0 amide bonds. The van der Waals surface area contributed by atoms with Gasteiger partial charge in [0, 0.05) is 49.6 Å². The van der Waals surface area contributed by atoms with E-state index in [-0.39, 0.29) is 30.5 Å². The van der Waals surface area contributed by atoms with Gasteiger partial charge in [-0.05, 0) is 31.8 Å². The molecule has 0 spiro atoms. The minimum absolute atomic E-state index is 0.0622. The van der Waals surface area contributed by atoms with Gasteiger partial charge in [-0.3, -0.25) is 4.90 Å². The molecule has 2 heterocycles. The number of thioether (sulfide) groups is 1. The maximum Gasteiger partial charge on any atom is 0.158 e. The molecule has 138 valence electrons. The van der Waals surface area contributed by atoms with Crippen LogP contribution >= 0.6 is 11.8 Å². The Labute approximate surface area is 149 Å². The molecule has 1 N–H and O–H groups in total. The predicted molar refractivity (Wildman–Crippen MR) is 96.0 cm³/mol. The number of nitrogens with zero attached hydrogens (tertiary/aromatic N) is 1. The van der Waals surface area contributed by atoms with Crippen LogP contribution in [0.4, 0.5) is 0 Å².